The van der Waals surface area contributed by atoms with Crippen LogP contribution in [0.5, 0.6) is 0 Å². The summed E-state index contributed by atoms with van der Waals surface area (Å²) < 4.78 is 0. The van der Waals surface area contributed by atoms with Crippen LogP contribution in [0.1, 0.15) is 39.3 Å². The zero-order valence-corrected chi connectivity index (χ0v) is 10.9. The van der Waals surface area contributed by atoms with Gasteiger partial charge in [-0.25, -0.2) is 4.98 Å². The van der Waals surface area contributed by atoms with Gasteiger partial charge in [0.2, 0.25) is 5.91 Å². The number of anilines is 1. The van der Waals surface area contributed by atoms with Crippen molar-refractivity contribution in [1.82, 2.24) is 4.98 Å². The third kappa shape index (κ3) is 3.90. The van der Waals surface area contributed by atoms with E-state index in [4.69, 9.17) is 5.73 Å². The second-order valence-corrected chi connectivity index (χ2v) is 5.59. The van der Waals surface area contributed by atoms with Gasteiger partial charge in [-0.15, -0.1) is 11.3 Å². The number of nitrogens with two attached hydrogens (primary N) is 1. The Morgan fingerprint density at radius 1 is 1.56 bits per heavy atom. The summed E-state index contributed by atoms with van der Waals surface area (Å²) in [6.45, 7) is 6.84. The number of carbonyl (C=O) groups is 1. The summed E-state index contributed by atoms with van der Waals surface area (Å²) in [6, 6.07) is 0. The average Bonchev–Trinajstić information content (AvgIpc) is 2.62. The van der Waals surface area contributed by atoms with Crippen molar-refractivity contribution in [2.75, 3.05) is 11.9 Å². The van der Waals surface area contributed by atoms with E-state index in [0.717, 1.165) is 5.69 Å². The van der Waals surface area contributed by atoms with E-state index in [1.54, 1.807) is 0 Å². The highest BCUT2D eigenvalue weighted by Gasteiger charge is 2.17. The lowest BCUT2D eigenvalue weighted by atomic mass is 9.93. The molecule has 0 fully saturated rings. The van der Waals surface area contributed by atoms with Crippen LogP contribution in [0.4, 0.5) is 5.13 Å². The molecule has 0 unspecified atom stereocenters. The molecule has 0 aromatic carbocycles. The Kier molecular flexibility index (Phi) is 4.44. The molecule has 1 aromatic rings. The Bertz CT molecular complexity index is 354. The van der Waals surface area contributed by atoms with Crippen LogP contribution >= 0.6 is 11.3 Å². The van der Waals surface area contributed by atoms with E-state index in [1.807, 2.05) is 5.38 Å². The minimum Gasteiger partial charge on any atom is -0.330 e. The fourth-order valence-corrected chi connectivity index (χ4v) is 2.07. The molecular weight excluding hydrogens is 222 g/mol. The van der Waals surface area contributed by atoms with Crippen molar-refractivity contribution >= 4 is 22.4 Å². The van der Waals surface area contributed by atoms with Gasteiger partial charge in [0.05, 0.1) is 5.69 Å². The van der Waals surface area contributed by atoms with Gasteiger partial charge < -0.3 is 11.1 Å². The van der Waals surface area contributed by atoms with Crippen LogP contribution in [0, 0.1) is 0 Å². The van der Waals surface area contributed by atoms with Crippen molar-refractivity contribution in [2.24, 2.45) is 5.73 Å². The lowest BCUT2D eigenvalue weighted by molar-refractivity contribution is -0.116. The van der Waals surface area contributed by atoms with Crippen LogP contribution in [-0.2, 0) is 10.2 Å². The van der Waals surface area contributed by atoms with Gasteiger partial charge in [0, 0.05) is 17.2 Å². The zero-order chi connectivity index (χ0) is 12.2. The van der Waals surface area contributed by atoms with Gasteiger partial charge in [0.25, 0.3) is 0 Å². The topological polar surface area (TPSA) is 68.0 Å². The van der Waals surface area contributed by atoms with Crippen LogP contribution < -0.4 is 11.1 Å². The zero-order valence-electron chi connectivity index (χ0n) is 10.0. The largest absolute Gasteiger partial charge is 0.330 e. The number of aromatic nitrogens is 1. The molecule has 0 spiro atoms. The average molecular weight is 241 g/mol. The van der Waals surface area contributed by atoms with Gasteiger partial charge >= 0.3 is 0 Å². The van der Waals surface area contributed by atoms with E-state index in [0.29, 0.717) is 24.5 Å². The molecule has 5 heteroatoms. The van der Waals surface area contributed by atoms with Crippen molar-refractivity contribution in [3.05, 3.63) is 11.1 Å². The number of carbonyl (C=O) groups excluding carboxylic acids is 1. The monoisotopic (exact) mass is 241 g/mol. The predicted molar refractivity (Wildman–Crippen MR) is 67.7 cm³/mol. The molecular formula is C11H19N3OS. The second kappa shape index (κ2) is 5.41. The molecule has 0 aliphatic carbocycles. The maximum Gasteiger partial charge on any atom is 0.226 e. The quantitative estimate of drug-likeness (QED) is 0.848. The van der Waals surface area contributed by atoms with Crippen LogP contribution in [0.25, 0.3) is 0 Å². The predicted octanol–water partition coefficient (Wildman–Crippen LogP) is 2.12. The van der Waals surface area contributed by atoms with E-state index in [9.17, 15) is 4.79 Å². The van der Waals surface area contributed by atoms with E-state index < -0.39 is 0 Å². The first-order valence-corrected chi connectivity index (χ1v) is 6.27. The highest BCUT2D eigenvalue weighted by atomic mass is 32.1. The number of nitrogens with one attached hydrogen (secondary N) is 1. The maximum absolute atomic E-state index is 11.4. The fraction of sp³-hybridized carbons (Fsp3) is 0.636. The minimum absolute atomic E-state index is 0.0136. The van der Waals surface area contributed by atoms with E-state index >= 15 is 0 Å². The van der Waals surface area contributed by atoms with Crippen molar-refractivity contribution in [3.63, 3.8) is 0 Å². The molecule has 1 aromatic heterocycles. The standard InChI is InChI=1S/C11H19N3OS/c1-11(2,3)8-7-16-10(13-8)14-9(15)5-4-6-12/h7H,4-6,12H2,1-3H3,(H,13,14,15). The molecule has 0 bridgehead atoms. The number of nitrogens with zero attached hydrogens (tertiary/aromatic N) is 1. The fourth-order valence-electron chi connectivity index (χ4n) is 1.12. The van der Waals surface area contributed by atoms with Gasteiger partial charge in [-0.1, -0.05) is 20.8 Å². The van der Waals surface area contributed by atoms with Gasteiger partial charge in [-0.05, 0) is 13.0 Å². The molecule has 3 N–H and O–H groups in total. The maximum atomic E-state index is 11.4. The molecule has 0 aliphatic heterocycles. The molecule has 0 saturated heterocycles. The summed E-state index contributed by atoms with van der Waals surface area (Å²) in [5.74, 6) is -0.0136. The molecule has 4 nitrogen and oxygen atoms in total. The number of rotatable bonds is 4. The van der Waals surface area contributed by atoms with Gasteiger partial charge in [-0.2, -0.15) is 0 Å². The Morgan fingerprint density at radius 3 is 2.75 bits per heavy atom. The van der Waals surface area contributed by atoms with E-state index in [2.05, 4.69) is 31.1 Å². The number of hydrogen-bond acceptors (Lipinski definition) is 4. The minimum atomic E-state index is -0.0136. The summed E-state index contributed by atoms with van der Waals surface area (Å²) in [6.07, 6.45) is 1.17. The summed E-state index contributed by atoms with van der Waals surface area (Å²) >= 11 is 1.46. The van der Waals surface area contributed by atoms with E-state index in [-0.39, 0.29) is 11.3 Å². The molecule has 0 radical (unpaired) electrons. The molecule has 90 valence electrons. The van der Waals surface area contributed by atoms with Crippen LogP contribution in [0.15, 0.2) is 5.38 Å². The molecule has 1 heterocycles. The second-order valence-electron chi connectivity index (χ2n) is 4.73. The van der Waals surface area contributed by atoms with Crippen LogP contribution in [0.2, 0.25) is 0 Å². The van der Waals surface area contributed by atoms with Crippen molar-refractivity contribution in [2.45, 2.75) is 39.0 Å². The smallest absolute Gasteiger partial charge is 0.226 e. The number of thiazole rings is 1. The molecule has 0 atom stereocenters. The Morgan fingerprint density at radius 2 is 2.25 bits per heavy atom. The first-order chi connectivity index (χ1) is 7.43. The summed E-state index contributed by atoms with van der Waals surface area (Å²) in [5.41, 5.74) is 6.37. The summed E-state index contributed by atoms with van der Waals surface area (Å²) in [4.78, 5) is 15.8. The third-order valence-corrected chi connectivity index (χ3v) is 2.88. The lowest BCUT2D eigenvalue weighted by Crippen LogP contribution is -2.15. The Balaban J connectivity index is 2.56. The highest BCUT2D eigenvalue weighted by molar-refractivity contribution is 7.13. The number of amides is 1. The first kappa shape index (κ1) is 13.1. The molecule has 1 amide bonds. The molecule has 0 aliphatic rings. The lowest BCUT2D eigenvalue weighted by Gasteiger charge is -2.14. The molecule has 0 saturated carbocycles. The first-order valence-electron chi connectivity index (χ1n) is 5.39. The third-order valence-electron chi connectivity index (χ3n) is 2.13. The summed E-state index contributed by atoms with van der Waals surface area (Å²) in [7, 11) is 0. The summed E-state index contributed by atoms with van der Waals surface area (Å²) in [5, 5.41) is 5.44. The SMILES string of the molecule is CC(C)(C)c1csc(NC(=O)CCCN)n1. The normalized spacial score (nSPS) is 11.5. The van der Waals surface area contributed by atoms with Crippen LogP contribution in [0.3, 0.4) is 0 Å². The highest BCUT2D eigenvalue weighted by Crippen LogP contribution is 2.26. The van der Waals surface area contributed by atoms with Crippen molar-refractivity contribution in [3.8, 4) is 0 Å². The molecule has 1 rings (SSSR count). The Hall–Kier alpha value is -0.940. The Labute approximate surface area is 100 Å². The van der Waals surface area contributed by atoms with Crippen molar-refractivity contribution in [1.29, 1.82) is 0 Å². The van der Waals surface area contributed by atoms with Gasteiger partial charge in [-0.3, -0.25) is 4.79 Å². The van der Waals surface area contributed by atoms with Crippen molar-refractivity contribution < 1.29 is 4.79 Å². The van der Waals surface area contributed by atoms with Gasteiger partial charge in [0.15, 0.2) is 5.13 Å². The number of hydrogen-bond donors (Lipinski definition) is 2. The van der Waals surface area contributed by atoms with Gasteiger partial charge in [0.1, 0.15) is 0 Å². The van der Waals surface area contributed by atoms with E-state index in [1.165, 1.54) is 11.3 Å². The molecule has 16 heavy (non-hydrogen) atoms. The van der Waals surface area contributed by atoms with Crippen LogP contribution in [-0.4, -0.2) is 17.4 Å².